The van der Waals surface area contributed by atoms with Gasteiger partial charge in [-0.25, -0.2) is 9.97 Å². The number of carbonyl (C=O) groups is 2. The molecule has 8 rings (SSSR count). The van der Waals surface area contributed by atoms with Crippen LogP contribution in [0.4, 0.5) is 0 Å². The molecule has 0 radical (unpaired) electrons. The number of imidazole rings is 2. The zero-order chi connectivity index (χ0) is 43.6. The first-order chi connectivity index (χ1) is 31.1. The van der Waals surface area contributed by atoms with Crippen LogP contribution in [0.5, 0.6) is 0 Å². The Bertz CT molecular complexity index is 2460. The predicted octanol–water partition coefficient (Wildman–Crippen LogP) is 11.8. The lowest BCUT2D eigenvalue weighted by atomic mass is 9.77. The Morgan fingerprint density at radius 1 is 0.492 bits per heavy atom. The fourth-order valence-corrected chi connectivity index (χ4v) is 8.19. The van der Waals surface area contributed by atoms with Crippen molar-refractivity contribution in [1.29, 1.82) is 0 Å². The Morgan fingerprint density at radius 2 is 0.810 bits per heavy atom. The average molecular weight is 829 g/mol. The highest BCUT2D eigenvalue weighted by Crippen LogP contribution is 2.42. The van der Waals surface area contributed by atoms with E-state index in [1.165, 1.54) is 0 Å². The van der Waals surface area contributed by atoms with Gasteiger partial charge in [-0.05, 0) is 65.3 Å². The molecule has 0 unspecified atom stereocenters. The number of nitrogens with zero attached hydrogens (tertiary/aromatic N) is 4. The minimum atomic E-state index is -0.576. The molecular weight excluding hydrogens is 777 g/mol. The molecule has 0 spiro atoms. The van der Waals surface area contributed by atoms with Gasteiger partial charge in [-0.2, -0.15) is 0 Å². The minimum absolute atomic E-state index is 0.177. The molecule has 0 aliphatic carbocycles. The first kappa shape index (κ1) is 43.4. The lowest BCUT2D eigenvalue weighted by molar-refractivity contribution is -0.143. The summed E-state index contributed by atoms with van der Waals surface area (Å²) in [5.41, 5.74) is 7.52. The quantitative estimate of drug-likeness (QED) is 0.0395. The number of esters is 1. The molecule has 63 heavy (non-hydrogen) atoms. The highest BCUT2D eigenvalue weighted by Gasteiger charge is 2.39. The van der Waals surface area contributed by atoms with Crippen LogP contribution in [0, 0.1) is 0 Å². The van der Waals surface area contributed by atoms with Crippen LogP contribution in [0.25, 0.3) is 12.2 Å². The number of hydrogen-bond acceptors (Lipinski definition) is 5. The van der Waals surface area contributed by atoms with Crippen molar-refractivity contribution in [1.82, 2.24) is 19.1 Å². The number of carbonyl (C=O) groups excluding carboxylic acids is 2. The van der Waals surface area contributed by atoms with E-state index >= 15 is 0 Å². The third kappa shape index (κ3) is 9.95. The van der Waals surface area contributed by atoms with Crippen molar-refractivity contribution in [2.24, 2.45) is 0 Å². The van der Waals surface area contributed by atoms with Gasteiger partial charge in [0.05, 0.1) is 30.6 Å². The fraction of sp³-hybridized carbons (Fsp3) is 0.143. The molecule has 0 bridgehead atoms. The molecule has 0 aliphatic rings. The Labute approximate surface area is 370 Å². The van der Waals surface area contributed by atoms with Gasteiger partial charge >= 0.3 is 5.97 Å². The molecule has 2 aromatic heterocycles. The number of aromatic nitrogens is 4. The summed E-state index contributed by atoms with van der Waals surface area (Å²) >= 11 is 0. The number of benzene rings is 6. The summed E-state index contributed by atoms with van der Waals surface area (Å²) in [6, 6.07) is 63.1. The summed E-state index contributed by atoms with van der Waals surface area (Å²) in [7, 11) is 0. The van der Waals surface area contributed by atoms with Gasteiger partial charge < -0.3 is 18.7 Å². The maximum Gasteiger partial charge on any atom is 0.306 e. The molecule has 0 aliphatic heterocycles. The molecule has 0 N–H and O–H groups in total. The van der Waals surface area contributed by atoms with Crippen molar-refractivity contribution >= 4 is 24.4 Å². The van der Waals surface area contributed by atoms with Crippen LogP contribution in [-0.2, 0) is 25.4 Å². The monoisotopic (exact) mass is 828 g/mol. The summed E-state index contributed by atoms with van der Waals surface area (Å²) in [5.74, 6) is -0.177. The van der Waals surface area contributed by atoms with E-state index in [1.807, 2.05) is 80.3 Å². The van der Waals surface area contributed by atoms with Gasteiger partial charge in [0, 0.05) is 25.2 Å². The molecule has 7 heteroatoms. The molecule has 0 atom stereocenters. The number of aldehydes is 1. The van der Waals surface area contributed by atoms with Crippen LogP contribution in [0.2, 0.25) is 0 Å². The first-order valence-corrected chi connectivity index (χ1v) is 21.4. The SMILES string of the molecule is CCOC(=O)CC/C=C\c1cn(C(c2ccccc2)(c2ccccc2)c2ccccc2)cn1.O=CCC/C=C\c1cn(C(c2ccccc2)(c2ccccc2)c2ccccc2)cn1. The molecule has 314 valence electrons. The van der Waals surface area contributed by atoms with Crippen LogP contribution in [-0.4, -0.2) is 38.0 Å². The van der Waals surface area contributed by atoms with Crippen LogP contribution in [0.1, 0.15) is 77.4 Å². The van der Waals surface area contributed by atoms with E-state index in [0.717, 1.165) is 57.5 Å². The molecular formula is C56H52N4O3. The van der Waals surface area contributed by atoms with E-state index in [2.05, 4.69) is 177 Å². The molecule has 0 fully saturated rings. The fourth-order valence-electron chi connectivity index (χ4n) is 8.19. The van der Waals surface area contributed by atoms with Gasteiger partial charge in [-0.3, -0.25) is 4.79 Å². The van der Waals surface area contributed by atoms with Crippen molar-refractivity contribution in [3.63, 3.8) is 0 Å². The molecule has 0 amide bonds. The Kier molecular flexibility index (Phi) is 15.0. The summed E-state index contributed by atoms with van der Waals surface area (Å²) in [6.07, 6.45) is 19.0. The van der Waals surface area contributed by atoms with Gasteiger partial charge in [-0.15, -0.1) is 0 Å². The first-order valence-electron chi connectivity index (χ1n) is 21.4. The summed E-state index contributed by atoms with van der Waals surface area (Å²) < 4.78 is 9.36. The molecule has 6 aromatic carbocycles. The van der Waals surface area contributed by atoms with Crippen LogP contribution in [0.3, 0.4) is 0 Å². The maximum atomic E-state index is 11.6. The largest absolute Gasteiger partial charge is 0.466 e. The maximum absolute atomic E-state index is 11.6. The second-order valence-corrected chi connectivity index (χ2v) is 14.9. The number of rotatable bonds is 17. The van der Waals surface area contributed by atoms with Gasteiger partial charge in [0.15, 0.2) is 0 Å². The van der Waals surface area contributed by atoms with Crippen LogP contribution in [0.15, 0.2) is 219 Å². The summed E-state index contributed by atoms with van der Waals surface area (Å²) in [6.45, 7) is 2.23. The highest BCUT2D eigenvalue weighted by molar-refractivity contribution is 5.69. The standard InChI is InChI=1S/C29H28N2O2.C27H24N2O/c1-2-33-28(32)21-13-12-20-27-22-31(23-30-27)29(24-14-6-3-7-15-24,25-16-8-4-9-17-25)26-18-10-5-11-19-26;30-20-12-4-11-19-26-21-29(22-28-26)27(23-13-5-1-6-14-23,24-15-7-2-8-16-24)25-17-9-3-10-18-25/h3-12,14-20,22-23H,2,13,21H2,1H3;1-3,5-11,13-22H,4,12H2/b20-12-;19-11-. The van der Waals surface area contributed by atoms with Crippen molar-refractivity contribution < 1.29 is 14.3 Å². The van der Waals surface area contributed by atoms with Crippen molar-refractivity contribution in [3.8, 4) is 0 Å². The van der Waals surface area contributed by atoms with Crippen LogP contribution < -0.4 is 0 Å². The van der Waals surface area contributed by atoms with E-state index in [0.29, 0.717) is 25.9 Å². The number of ether oxygens (including phenoxy) is 1. The van der Waals surface area contributed by atoms with E-state index in [9.17, 15) is 9.59 Å². The number of unbranched alkanes of at least 4 members (excludes halogenated alkanes) is 1. The van der Waals surface area contributed by atoms with Gasteiger partial charge in [0.2, 0.25) is 0 Å². The number of allylic oxidation sites excluding steroid dienone is 2. The van der Waals surface area contributed by atoms with Gasteiger partial charge in [-0.1, -0.05) is 194 Å². The lowest BCUT2D eigenvalue weighted by Gasteiger charge is -2.37. The van der Waals surface area contributed by atoms with Gasteiger partial charge in [0.1, 0.15) is 17.4 Å². The second-order valence-electron chi connectivity index (χ2n) is 14.9. The Hall–Kier alpha value is -7.64. The average Bonchev–Trinajstić information content (AvgIpc) is 4.03. The third-order valence-corrected chi connectivity index (χ3v) is 11.0. The predicted molar refractivity (Wildman–Crippen MR) is 253 cm³/mol. The molecule has 0 saturated heterocycles. The van der Waals surface area contributed by atoms with Crippen molar-refractivity contribution in [2.75, 3.05) is 6.61 Å². The lowest BCUT2D eigenvalue weighted by Crippen LogP contribution is -2.36. The topological polar surface area (TPSA) is 79.0 Å². The second kappa shape index (κ2) is 21.7. The third-order valence-electron chi connectivity index (χ3n) is 11.0. The van der Waals surface area contributed by atoms with Crippen molar-refractivity contribution in [2.45, 2.75) is 43.7 Å². The van der Waals surface area contributed by atoms with E-state index < -0.39 is 11.1 Å². The summed E-state index contributed by atoms with van der Waals surface area (Å²) in [5, 5.41) is 0. The zero-order valence-corrected chi connectivity index (χ0v) is 35.6. The Balaban J connectivity index is 0.000000190. The molecule has 7 nitrogen and oxygen atoms in total. The smallest absolute Gasteiger partial charge is 0.306 e. The molecule has 8 aromatic rings. The summed E-state index contributed by atoms with van der Waals surface area (Å²) in [4.78, 5) is 31.5. The minimum Gasteiger partial charge on any atom is -0.466 e. The zero-order valence-electron chi connectivity index (χ0n) is 35.6. The van der Waals surface area contributed by atoms with E-state index in [1.54, 1.807) is 0 Å². The molecule has 2 heterocycles. The van der Waals surface area contributed by atoms with Crippen molar-refractivity contribution in [3.05, 3.63) is 264 Å². The molecule has 0 saturated carbocycles. The Morgan fingerprint density at radius 3 is 1.11 bits per heavy atom. The highest BCUT2D eigenvalue weighted by atomic mass is 16.5. The number of hydrogen-bond donors (Lipinski definition) is 0. The van der Waals surface area contributed by atoms with E-state index in [-0.39, 0.29) is 5.97 Å². The van der Waals surface area contributed by atoms with Crippen LogP contribution >= 0.6 is 0 Å². The van der Waals surface area contributed by atoms with E-state index in [4.69, 9.17) is 4.74 Å². The van der Waals surface area contributed by atoms with Gasteiger partial charge in [0.25, 0.3) is 0 Å². The normalized spacial score (nSPS) is 11.6.